The average molecular weight is 221 g/mol. The number of hydrogen-bond donors (Lipinski definition) is 1. The van der Waals surface area contributed by atoms with Gasteiger partial charge in [0.2, 0.25) is 0 Å². The van der Waals surface area contributed by atoms with E-state index >= 15 is 0 Å². The number of rotatable bonds is 4. The van der Waals surface area contributed by atoms with Gasteiger partial charge < -0.3 is 9.88 Å². The summed E-state index contributed by atoms with van der Waals surface area (Å²) in [5.74, 6) is 0. The van der Waals surface area contributed by atoms with Crippen molar-refractivity contribution in [1.82, 2.24) is 14.9 Å². The van der Waals surface area contributed by atoms with Crippen LogP contribution < -0.4 is 5.32 Å². The largest absolute Gasteiger partial charge is 0.337 e. The van der Waals surface area contributed by atoms with Crippen LogP contribution in [-0.4, -0.2) is 9.55 Å². The van der Waals surface area contributed by atoms with E-state index in [0.29, 0.717) is 6.04 Å². The van der Waals surface area contributed by atoms with Crippen LogP contribution in [0.2, 0.25) is 0 Å². The topological polar surface area (TPSA) is 29.9 Å². The van der Waals surface area contributed by atoms with Gasteiger partial charge in [-0.1, -0.05) is 6.07 Å². The quantitative estimate of drug-likeness (QED) is 0.858. The maximum atomic E-state index is 4.09. The summed E-state index contributed by atoms with van der Waals surface area (Å²) in [5.41, 5.74) is 1.21. The Bertz CT molecular complexity index is 405. The number of aromatic nitrogens is 2. The van der Waals surface area contributed by atoms with E-state index in [-0.39, 0.29) is 0 Å². The van der Waals surface area contributed by atoms with Gasteiger partial charge in [-0.05, 0) is 18.4 Å². The van der Waals surface area contributed by atoms with Crippen molar-refractivity contribution in [2.24, 2.45) is 7.05 Å². The first-order valence-electron chi connectivity index (χ1n) is 4.99. The second-order valence-corrected chi connectivity index (χ2v) is 4.59. The van der Waals surface area contributed by atoms with Crippen LogP contribution in [-0.2, 0) is 13.6 Å². The fraction of sp³-hybridized carbons (Fsp3) is 0.364. The molecule has 0 aromatic carbocycles. The molecule has 0 aliphatic carbocycles. The molecule has 2 heterocycles. The summed E-state index contributed by atoms with van der Waals surface area (Å²) in [6, 6.07) is 4.65. The number of nitrogens with zero attached hydrogens (tertiary/aromatic N) is 2. The molecular weight excluding hydrogens is 206 g/mol. The van der Waals surface area contributed by atoms with Crippen LogP contribution in [0.1, 0.15) is 23.5 Å². The van der Waals surface area contributed by atoms with Gasteiger partial charge in [-0.3, -0.25) is 0 Å². The molecule has 80 valence electrons. The molecule has 0 amide bonds. The lowest BCUT2D eigenvalue weighted by Crippen LogP contribution is -2.18. The molecule has 0 aliphatic heterocycles. The molecule has 0 fully saturated rings. The second-order valence-electron chi connectivity index (χ2n) is 3.61. The molecule has 0 saturated carbocycles. The Kier molecular flexibility index (Phi) is 3.18. The Hall–Kier alpha value is -1.13. The highest BCUT2D eigenvalue weighted by atomic mass is 32.1. The van der Waals surface area contributed by atoms with Crippen molar-refractivity contribution in [2.45, 2.75) is 19.5 Å². The van der Waals surface area contributed by atoms with E-state index in [1.165, 1.54) is 10.6 Å². The Labute approximate surface area is 93.8 Å². The fourth-order valence-electron chi connectivity index (χ4n) is 1.45. The molecular formula is C11H15N3S. The van der Waals surface area contributed by atoms with E-state index in [0.717, 1.165) is 6.54 Å². The van der Waals surface area contributed by atoms with Gasteiger partial charge in [0.05, 0.1) is 12.0 Å². The van der Waals surface area contributed by atoms with Gasteiger partial charge in [0.15, 0.2) is 0 Å². The highest BCUT2D eigenvalue weighted by Crippen LogP contribution is 2.18. The average Bonchev–Trinajstić information content (AvgIpc) is 2.85. The van der Waals surface area contributed by atoms with Crippen molar-refractivity contribution in [3.8, 4) is 0 Å². The van der Waals surface area contributed by atoms with Gasteiger partial charge in [-0.2, -0.15) is 0 Å². The molecule has 0 bridgehead atoms. The standard InChI is InChI=1S/C11H15N3S/c1-9(11-4-3-5-15-11)13-7-10-6-12-8-14(10)2/h3-6,8-9,13H,7H2,1-2H3. The van der Waals surface area contributed by atoms with Crippen LogP contribution in [0.25, 0.3) is 0 Å². The molecule has 2 aromatic heterocycles. The normalized spacial score (nSPS) is 12.9. The number of hydrogen-bond acceptors (Lipinski definition) is 3. The number of imidazole rings is 1. The van der Waals surface area contributed by atoms with E-state index in [1.807, 2.05) is 24.1 Å². The van der Waals surface area contributed by atoms with Crippen LogP contribution in [0.5, 0.6) is 0 Å². The molecule has 1 atom stereocenters. The third kappa shape index (κ3) is 2.46. The van der Waals surface area contributed by atoms with Gasteiger partial charge in [0, 0.05) is 30.7 Å². The highest BCUT2D eigenvalue weighted by Gasteiger charge is 2.06. The summed E-state index contributed by atoms with van der Waals surface area (Å²) in [6.07, 6.45) is 3.72. The third-order valence-electron chi connectivity index (χ3n) is 2.48. The number of nitrogens with one attached hydrogen (secondary N) is 1. The van der Waals surface area contributed by atoms with Crippen molar-refractivity contribution in [3.05, 3.63) is 40.6 Å². The molecule has 2 aromatic rings. The lowest BCUT2D eigenvalue weighted by molar-refractivity contribution is 0.565. The summed E-state index contributed by atoms with van der Waals surface area (Å²) in [4.78, 5) is 5.46. The zero-order valence-corrected chi connectivity index (χ0v) is 9.79. The third-order valence-corrected chi connectivity index (χ3v) is 3.53. The molecule has 1 unspecified atom stereocenters. The Balaban J connectivity index is 1.91. The summed E-state index contributed by atoms with van der Waals surface area (Å²) < 4.78 is 2.04. The van der Waals surface area contributed by atoms with Crippen molar-refractivity contribution in [3.63, 3.8) is 0 Å². The molecule has 1 N–H and O–H groups in total. The molecule has 0 saturated heterocycles. The van der Waals surface area contributed by atoms with Crippen LogP contribution in [0.3, 0.4) is 0 Å². The smallest absolute Gasteiger partial charge is 0.0945 e. The van der Waals surface area contributed by atoms with E-state index in [9.17, 15) is 0 Å². The second kappa shape index (κ2) is 4.59. The van der Waals surface area contributed by atoms with Gasteiger partial charge in [-0.15, -0.1) is 11.3 Å². The monoisotopic (exact) mass is 221 g/mol. The van der Waals surface area contributed by atoms with Crippen LogP contribution >= 0.6 is 11.3 Å². The van der Waals surface area contributed by atoms with E-state index in [1.54, 1.807) is 11.3 Å². The van der Waals surface area contributed by atoms with Gasteiger partial charge in [0.25, 0.3) is 0 Å². The lowest BCUT2D eigenvalue weighted by Gasteiger charge is -2.11. The maximum absolute atomic E-state index is 4.09. The Morgan fingerprint density at radius 2 is 2.47 bits per heavy atom. The number of aryl methyl sites for hydroxylation is 1. The molecule has 2 rings (SSSR count). The molecule has 4 heteroatoms. The summed E-state index contributed by atoms with van der Waals surface area (Å²) in [7, 11) is 2.01. The Morgan fingerprint density at radius 1 is 1.60 bits per heavy atom. The first kappa shape index (κ1) is 10.4. The zero-order valence-electron chi connectivity index (χ0n) is 8.97. The Morgan fingerprint density at radius 3 is 3.07 bits per heavy atom. The minimum atomic E-state index is 0.403. The molecule has 0 aliphatic rings. The van der Waals surface area contributed by atoms with Gasteiger partial charge in [0.1, 0.15) is 0 Å². The molecule has 0 radical (unpaired) electrons. The molecule has 15 heavy (non-hydrogen) atoms. The minimum absolute atomic E-state index is 0.403. The van der Waals surface area contributed by atoms with E-state index < -0.39 is 0 Å². The SMILES string of the molecule is CC(NCc1cncn1C)c1cccs1. The van der Waals surface area contributed by atoms with E-state index in [2.05, 4.69) is 34.7 Å². The van der Waals surface area contributed by atoms with Crippen LogP contribution in [0, 0.1) is 0 Å². The summed E-state index contributed by atoms with van der Waals surface area (Å²) >= 11 is 1.79. The van der Waals surface area contributed by atoms with Crippen LogP contribution in [0.15, 0.2) is 30.0 Å². The van der Waals surface area contributed by atoms with E-state index in [4.69, 9.17) is 0 Å². The molecule has 0 spiro atoms. The summed E-state index contributed by atoms with van der Waals surface area (Å²) in [5, 5.41) is 5.59. The fourth-order valence-corrected chi connectivity index (χ4v) is 2.21. The lowest BCUT2D eigenvalue weighted by atomic mass is 10.2. The van der Waals surface area contributed by atoms with Crippen LogP contribution in [0.4, 0.5) is 0 Å². The predicted molar refractivity (Wildman–Crippen MR) is 62.8 cm³/mol. The van der Waals surface area contributed by atoms with Crippen molar-refractivity contribution >= 4 is 11.3 Å². The predicted octanol–water partition coefficient (Wildman–Crippen LogP) is 2.33. The van der Waals surface area contributed by atoms with Gasteiger partial charge >= 0.3 is 0 Å². The van der Waals surface area contributed by atoms with Gasteiger partial charge in [-0.25, -0.2) is 4.98 Å². The zero-order chi connectivity index (χ0) is 10.7. The maximum Gasteiger partial charge on any atom is 0.0945 e. The first-order chi connectivity index (χ1) is 7.27. The van der Waals surface area contributed by atoms with Crippen molar-refractivity contribution in [1.29, 1.82) is 0 Å². The molecule has 3 nitrogen and oxygen atoms in total. The highest BCUT2D eigenvalue weighted by molar-refractivity contribution is 7.10. The summed E-state index contributed by atoms with van der Waals surface area (Å²) in [6.45, 7) is 3.04. The van der Waals surface area contributed by atoms with Crippen molar-refractivity contribution < 1.29 is 0 Å². The first-order valence-corrected chi connectivity index (χ1v) is 5.87. The van der Waals surface area contributed by atoms with Crippen molar-refractivity contribution in [2.75, 3.05) is 0 Å². The minimum Gasteiger partial charge on any atom is -0.337 e. The number of thiophene rings is 1.